The van der Waals surface area contributed by atoms with E-state index in [4.69, 9.17) is 9.94 Å². The Hall–Kier alpha value is -1.62. The van der Waals surface area contributed by atoms with Crippen molar-refractivity contribution < 1.29 is 19.4 Å². The topological polar surface area (TPSA) is 62.0 Å². The molecular weight excluding hydrogens is 237 g/mol. The van der Waals surface area contributed by atoms with E-state index in [0.29, 0.717) is 17.7 Å². The number of oxime groups is 1. The van der Waals surface area contributed by atoms with Gasteiger partial charge in [0, 0.05) is 11.6 Å². The summed E-state index contributed by atoms with van der Waals surface area (Å²) in [6, 6.07) is 3.94. The van der Waals surface area contributed by atoms with E-state index in [1.807, 2.05) is 6.92 Å². The fourth-order valence-electron chi connectivity index (χ4n) is 1.30. The zero-order valence-electron chi connectivity index (χ0n) is 10.8. The number of hydrogen-bond donors (Lipinski definition) is 2. The molecule has 18 heavy (non-hydrogen) atoms. The van der Waals surface area contributed by atoms with Gasteiger partial charge in [0.15, 0.2) is 0 Å². The fourth-order valence-corrected chi connectivity index (χ4v) is 1.30. The molecular formula is C13H18FNO3. The molecule has 0 saturated heterocycles. The smallest absolute Gasteiger partial charge is 0.131 e. The van der Waals surface area contributed by atoms with Crippen LogP contribution in [0, 0.1) is 5.82 Å². The van der Waals surface area contributed by atoms with Crippen LogP contribution in [0.3, 0.4) is 0 Å². The molecule has 100 valence electrons. The molecule has 1 unspecified atom stereocenters. The maximum absolute atomic E-state index is 13.2. The number of aliphatic hydroxyl groups is 1. The highest BCUT2D eigenvalue weighted by molar-refractivity contribution is 6.00. The number of hydrogen-bond acceptors (Lipinski definition) is 4. The Bertz CT molecular complexity index is 444. The monoisotopic (exact) mass is 255 g/mol. The van der Waals surface area contributed by atoms with Crippen LogP contribution in [0.2, 0.25) is 0 Å². The van der Waals surface area contributed by atoms with Crippen molar-refractivity contribution in [1.29, 1.82) is 0 Å². The third kappa shape index (κ3) is 3.70. The summed E-state index contributed by atoms with van der Waals surface area (Å²) in [6.45, 7) is 5.09. The van der Waals surface area contributed by atoms with E-state index in [-0.39, 0.29) is 12.4 Å². The average molecular weight is 255 g/mol. The second kappa shape index (κ2) is 5.82. The van der Waals surface area contributed by atoms with Gasteiger partial charge in [-0.15, -0.1) is 0 Å². The molecule has 0 radical (unpaired) electrons. The van der Waals surface area contributed by atoms with Crippen LogP contribution in [0.1, 0.15) is 32.8 Å². The summed E-state index contributed by atoms with van der Waals surface area (Å²) >= 11 is 0. The largest absolute Gasteiger partial charge is 0.490 e. The van der Waals surface area contributed by atoms with Crippen molar-refractivity contribution in [3.8, 4) is 5.75 Å². The van der Waals surface area contributed by atoms with E-state index in [0.717, 1.165) is 0 Å². The molecule has 0 aliphatic carbocycles. The molecule has 5 heteroatoms. The quantitative estimate of drug-likeness (QED) is 0.483. The average Bonchev–Trinajstić information content (AvgIpc) is 2.36. The van der Waals surface area contributed by atoms with Crippen molar-refractivity contribution in [2.45, 2.75) is 32.8 Å². The van der Waals surface area contributed by atoms with E-state index in [2.05, 4.69) is 5.16 Å². The lowest BCUT2D eigenvalue weighted by molar-refractivity contribution is 0.00831. The molecule has 0 fully saturated rings. The second-order valence-electron chi connectivity index (χ2n) is 4.47. The SMILES string of the molecule is CCC(C)(O)COc1cc(F)ccc1/C(C)=N/O. The van der Waals surface area contributed by atoms with Crippen LogP contribution in [-0.4, -0.2) is 28.2 Å². The van der Waals surface area contributed by atoms with Crippen LogP contribution in [-0.2, 0) is 0 Å². The summed E-state index contributed by atoms with van der Waals surface area (Å²) in [7, 11) is 0. The van der Waals surface area contributed by atoms with Gasteiger partial charge in [-0.25, -0.2) is 4.39 Å². The minimum Gasteiger partial charge on any atom is -0.490 e. The molecule has 0 heterocycles. The van der Waals surface area contributed by atoms with Gasteiger partial charge in [-0.3, -0.25) is 0 Å². The van der Waals surface area contributed by atoms with Gasteiger partial charge in [-0.05, 0) is 32.4 Å². The van der Waals surface area contributed by atoms with Gasteiger partial charge in [0.05, 0.1) is 11.3 Å². The summed E-state index contributed by atoms with van der Waals surface area (Å²) in [5, 5.41) is 21.7. The van der Waals surface area contributed by atoms with Crippen molar-refractivity contribution >= 4 is 5.71 Å². The van der Waals surface area contributed by atoms with Gasteiger partial charge >= 0.3 is 0 Å². The molecule has 2 N–H and O–H groups in total. The van der Waals surface area contributed by atoms with Crippen molar-refractivity contribution in [3.63, 3.8) is 0 Å². The molecule has 0 amide bonds. The summed E-state index contributed by atoms with van der Waals surface area (Å²) < 4.78 is 18.6. The molecule has 0 bridgehead atoms. The Morgan fingerprint density at radius 1 is 1.50 bits per heavy atom. The number of nitrogens with zero attached hydrogens (tertiary/aromatic N) is 1. The van der Waals surface area contributed by atoms with Crippen LogP contribution in [0.25, 0.3) is 0 Å². The fraction of sp³-hybridized carbons (Fsp3) is 0.462. The summed E-state index contributed by atoms with van der Waals surface area (Å²) in [4.78, 5) is 0. The Kier molecular flexibility index (Phi) is 4.67. The molecule has 0 aliphatic heterocycles. The summed E-state index contributed by atoms with van der Waals surface area (Å²) in [6.07, 6.45) is 0.519. The Balaban J connectivity index is 2.96. The van der Waals surface area contributed by atoms with Crippen molar-refractivity contribution in [2.75, 3.05) is 6.61 Å². The van der Waals surface area contributed by atoms with Gasteiger partial charge in [-0.1, -0.05) is 12.1 Å². The Morgan fingerprint density at radius 2 is 2.17 bits per heavy atom. The van der Waals surface area contributed by atoms with Crippen LogP contribution >= 0.6 is 0 Å². The predicted octanol–water partition coefficient (Wildman–Crippen LogP) is 2.56. The Labute approximate surface area is 106 Å². The van der Waals surface area contributed by atoms with Crippen molar-refractivity contribution in [1.82, 2.24) is 0 Å². The van der Waals surface area contributed by atoms with Gasteiger partial charge in [-0.2, -0.15) is 0 Å². The first-order valence-electron chi connectivity index (χ1n) is 5.73. The first kappa shape index (κ1) is 14.4. The Morgan fingerprint density at radius 3 is 2.72 bits per heavy atom. The van der Waals surface area contributed by atoms with E-state index in [1.165, 1.54) is 18.2 Å². The van der Waals surface area contributed by atoms with Gasteiger partial charge in [0.25, 0.3) is 0 Å². The lowest BCUT2D eigenvalue weighted by atomic mass is 10.1. The molecule has 1 aromatic carbocycles. The van der Waals surface area contributed by atoms with Gasteiger partial charge < -0.3 is 15.1 Å². The molecule has 1 atom stereocenters. The number of rotatable bonds is 5. The minimum atomic E-state index is -0.978. The highest BCUT2D eigenvalue weighted by Gasteiger charge is 2.20. The first-order valence-corrected chi connectivity index (χ1v) is 5.73. The maximum atomic E-state index is 13.2. The molecule has 0 saturated carbocycles. The maximum Gasteiger partial charge on any atom is 0.131 e. The summed E-state index contributed by atoms with van der Waals surface area (Å²) in [5.74, 6) is -0.199. The zero-order chi connectivity index (χ0) is 13.8. The molecule has 1 aromatic rings. The van der Waals surface area contributed by atoms with E-state index >= 15 is 0 Å². The normalized spacial score (nSPS) is 15.3. The standard InChI is InChI=1S/C13H18FNO3/c1-4-13(3,16)8-18-12-7-10(14)5-6-11(12)9(2)15-17/h5-7,16-17H,4,8H2,1-3H3/b15-9+. The van der Waals surface area contributed by atoms with E-state index < -0.39 is 11.4 Å². The molecule has 4 nitrogen and oxygen atoms in total. The van der Waals surface area contributed by atoms with Gasteiger partial charge in [0.1, 0.15) is 18.2 Å². The highest BCUT2D eigenvalue weighted by Crippen LogP contribution is 2.22. The van der Waals surface area contributed by atoms with E-state index in [9.17, 15) is 9.50 Å². The summed E-state index contributed by atoms with van der Waals surface area (Å²) in [5.41, 5.74) is -0.166. The lowest BCUT2D eigenvalue weighted by Crippen LogP contribution is -2.31. The molecule has 1 rings (SSSR count). The first-order chi connectivity index (χ1) is 8.39. The molecule has 0 spiro atoms. The number of benzene rings is 1. The molecule has 0 aromatic heterocycles. The highest BCUT2D eigenvalue weighted by atomic mass is 19.1. The number of halogens is 1. The lowest BCUT2D eigenvalue weighted by Gasteiger charge is -2.22. The van der Waals surface area contributed by atoms with Crippen molar-refractivity contribution in [3.05, 3.63) is 29.6 Å². The zero-order valence-corrected chi connectivity index (χ0v) is 10.8. The van der Waals surface area contributed by atoms with Crippen LogP contribution < -0.4 is 4.74 Å². The second-order valence-corrected chi connectivity index (χ2v) is 4.47. The van der Waals surface area contributed by atoms with Crippen molar-refractivity contribution in [2.24, 2.45) is 5.16 Å². The molecule has 0 aliphatic rings. The minimum absolute atomic E-state index is 0.0403. The third-order valence-corrected chi connectivity index (χ3v) is 2.78. The van der Waals surface area contributed by atoms with Crippen LogP contribution in [0.15, 0.2) is 23.4 Å². The predicted molar refractivity (Wildman–Crippen MR) is 66.8 cm³/mol. The third-order valence-electron chi connectivity index (χ3n) is 2.78. The van der Waals surface area contributed by atoms with E-state index in [1.54, 1.807) is 13.8 Å². The van der Waals surface area contributed by atoms with Gasteiger partial charge in [0.2, 0.25) is 0 Å². The van der Waals surface area contributed by atoms with Crippen LogP contribution in [0.4, 0.5) is 4.39 Å². The number of ether oxygens (including phenoxy) is 1. The van der Waals surface area contributed by atoms with Crippen LogP contribution in [0.5, 0.6) is 5.75 Å².